The van der Waals surface area contributed by atoms with Crippen molar-refractivity contribution in [1.29, 1.82) is 0 Å². The van der Waals surface area contributed by atoms with Crippen LogP contribution in [0.5, 0.6) is 5.75 Å². The molecule has 2 aliphatic heterocycles. The van der Waals surface area contributed by atoms with E-state index in [0.717, 1.165) is 6.07 Å². The van der Waals surface area contributed by atoms with Gasteiger partial charge >= 0.3 is 6.36 Å². The van der Waals surface area contributed by atoms with Crippen LogP contribution in [0.4, 0.5) is 27.8 Å². The lowest BCUT2D eigenvalue weighted by Crippen LogP contribution is -2.45. The van der Waals surface area contributed by atoms with Crippen molar-refractivity contribution >= 4 is 5.82 Å². The molecule has 0 radical (unpaired) electrons. The molecule has 0 aliphatic carbocycles. The van der Waals surface area contributed by atoms with E-state index in [4.69, 9.17) is 4.74 Å². The summed E-state index contributed by atoms with van der Waals surface area (Å²) < 4.78 is 75.0. The number of alkyl halides is 4. The fourth-order valence-electron chi connectivity index (χ4n) is 4.04. The maximum absolute atomic E-state index is 14.6. The van der Waals surface area contributed by atoms with Gasteiger partial charge in [-0.25, -0.2) is 8.78 Å². The van der Waals surface area contributed by atoms with Crippen molar-refractivity contribution in [2.75, 3.05) is 32.1 Å². The predicted octanol–water partition coefficient (Wildman–Crippen LogP) is 3.71. The van der Waals surface area contributed by atoms with Gasteiger partial charge in [0.15, 0.2) is 5.82 Å². The molecule has 1 saturated heterocycles. The second-order valence-electron chi connectivity index (χ2n) is 7.74. The molecule has 1 aromatic carbocycles. The number of likely N-dealkylation sites (N-methyl/N-ethyl adjacent to an activating group) is 1. The van der Waals surface area contributed by atoms with Crippen molar-refractivity contribution in [2.45, 2.75) is 38.0 Å². The van der Waals surface area contributed by atoms with Gasteiger partial charge in [0, 0.05) is 42.7 Å². The first-order valence-electron chi connectivity index (χ1n) is 9.80. The van der Waals surface area contributed by atoms with E-state index in [0.29, 0.717) is 55.5 Å². The highest BCUT2D eigenvalue weighted by atomic mass is 19.4. The quantitative estimate of drug-likeness (QED) is 0.726. The highest BCUT2D eigenvalue weighted by Crippen LogP contribution is 2.34. The van der Waals surface area contributed by atoms with E-state index >= 15 is 0 Å². The zero-order valence-electron chi connectivity index (χ0n) is 16.7. The van der Waals surface area contributed by atoms with Crippen molar-refractivity contribution in [3.8, 4) is 17.0 Å². The van der Waals surface area contributed by atoms with Crippen LogP contribution < -0.4 is 10.1 Å². The van der Waals surface area contributed by atoms with Crippen molar-refractivity contribution in [1.82, 2.24) is 15.1 Å². The Bertz CT molecular complexity index is 946. The molecule has 6 nitrogen and oxygen atoms in total. The largest absolute Gasteiger partial charge is 0.573 e. The molecule has 4 rings (SSSR count). The van der Waals surface area contributed by atoms with E-state index in [9.17, 15) is 22.0 Å². The maximum Gasteiger partial charge on any atom is 0.573 e. The fraction of sp³-hybridized carbons (Fsp3) is 0.500. The molecule has 1 aromatic heterocycles. The van der Waals surface area contributed by atoms with E-state index in [-0.39, 0.29) is 23.9 Å². The van der Waals surface area contributed by atoms with Crippen LogP contribution >= 0.6 is 0 Å². The molecule has 0 bridgehead atoms. The molecular formula is C20H21F5N4O2. The summed E-state index contributed by atoms with van der Waals surface area (Å²) in [5.41, 5.74) is 1.65. The number of anilines is 1. The zero-order valence-corrected chi connectivity index (χ0v) is 16.7. The van der Waals surface area contributed by atoms with Crippen LogP contribution in [0.1, 0.15) is 17.5 Å². The third-order valence-electron chi connectivity index (χ3n) is 5.28. The molecule has 11 heteroatoms. The minimum atomic E-state index is -4.91. The summed E-state index contributed by atoms with van der Waals surface area (Å²) in [5, 5.41) is 11.6. The molecule has 0 unspecified atom stereocenters. The molecule has 0 amide bonds. The third kappa shape index (κ3) is 5.04. The lowest BCUT2D eigenvalue weighted by molar-refractivity contribution is -0.274. The van der Waals surface area contributed by atoms with E-state index in [1.807, 2.05) is 11.9 Å². The van der Waals surface area contributed by atoms with Gasteiger partial charge in [0.1, 0.15) is 17.7 Å². The Balaban J connectivity index is 1.64. The molecule has 0 saturated carbocycles. The Morgan fingerprint density at radius 2 is 2.00 bits per heavy atom. The summed E-state index contributed by atoms with van der Waals surface area (Å²) in [6.45, 7) is 1.62. The molecule has 2 aromatic rings. The smallest absolute Gasteiger partial charge is 0.406 e. The number of aromatic nitrogens is 2. The number of hydrogen-bond donors (Lipinski definition) is 1. The lowest BCUT2D eigenvalue weighted by atomic mass is 9.97. The normalized spacial score (nSPS) is 22.1. The second kappa shape index (κ2) is 8.54. The zero-order chi connectivity index (χ0) is 22.2. The van der Waals surface area contributed by atoms with Crippen molar-refractivity contribution < 1.29 is 31.4 Å². The number of likely N-dealkylation sites (tertiary alicyclic amines) is 1. The van der Waals surface area contributed by atoms with Crippen LogP contribution in [0.3, 0.4) is 0 Å². The molecule has 1 N–H and O–H groups in total. The van der Waals surface area contributed by atoms with Crippen LogP contribution in [0.2, 0.25) is 0 Å². The number of benzene rings is 1. The molecule has 31 heavy (non-hydrogen) atoms. The Morgan fingerprint density at radius 1 is 1.19 bits per heavy atom. The molecule has 3 heterocycles. The van der Waals surface area contributed by atoms with Crippen LogP contribution in [-0.2, 0) is 17.8 Å². The first kappa shape index (κ1) is 21.7. The average molecular weight is 444 g/mol. The summed E-state index contributed by atoms with van der Waals surface area (Å²) in [4.78, 5) is 1.89. The molecular weight excluding hydrogens is 423 g/mol. The van der Waals surface area contributed by atoms with Gasteiger partial charge in [0.2, 0.25) is 0 Å². The predicted molar refractivity (Wildman–Crippen MR) is 102 cm³/mol. The summed E-state index contributed by atoms with van der Waals surface area (Å²) >= 11 is 0. The van der Waals surface area contributed by atoms with Crippen LogP contribution in [-0.4, -0.2) is 60.4 Å². The van der Waals surface area contributed by atoms with Crippen LogP contribution in [0.25, 0.3) is 11.3 Å². The average Bonchev–Trinajstić information content (AvgIpc) is 2.67. The van der Waals surface area contributed by atoms with E-state index < -0.39 is 24.1 Å². The number of nitrogens with one attached hydrogen (secondary N) is 1. The van der Waals surface area contributed by atoms with Crippen molar-refractivity contribution in [2.24, 2.45) is 0 Å². The summed E-state index contributed by atoms with van der Waals surface area (Å²) in [6, 6.07) is 2.72. The van der Waals surface area contributed by atoms with Gasteiger partial charge < -0.3 is 19.7 Å². The Hall–Kier alpha value is -2.53. The SMILES string of the molecule is CN1C[C@H](F)C[C@@H](Nc2nnc(-c3ccc(OC(F)(F)F)cc3F)c3c2COCC3)C1. The third-order valence-corrected chi connectivity index (χ3v) is 5.28. The highest BCUT2D eigenvalue weighted by Gasteiger charge is 2.32. The molecule has 168 valence electrons. The van der Waals surface area contributed by atoms with Gasteiger partial charge in [-0.2, -0.15) is 0 Å². The van der Waals surface area contributed by atoms with Gasteiger partial charge in [0.05, 0.1) is 18.9 Å². The highest BCUT2D eigenvalue weighted by molar-refractivity contribution is 5.68. The summed E-state index contributed by atoms with van der Waals surface area (Å²) in [5.74, 6) is -1.11. The minimum absolute atomic E-state index is 0.0212. The second-order valence-corrected chi connectivity index (χ2v) is 7.74. The van der Waals surface area contributed by atoms with E-state index in [2.05, 4.69) is 20.3 Å². The number of rotatable bonds is 4. The van der Waals surface area contributed by atoms with Gasteiger partial charge in [0.25, 0.3) is 0 Å². The number of piperidine rings is 1. The van der Waals surface area contributed by atoms with E-state index in [1.165, 1.54) is 6.07 Å². The first-order valence-corrected chi connectivity index (χ1v) is 9.80. The van der Waals surface area contributed by atoms with Crippen LogP contribution in [0.15, 0.2) is 18.2 Å². The van der Waals surface area contributed by atoms with Gasteiger partial charge in [-0.05, 0) is 31.2 Å². The molecule has 1 fully saturated rings. The fourth-order valence-corrected chi connectivity index (χ4v) is 4.04. The van der Waals surface area contributed by atoms with E-state index in [1.54, 1.807) is 0 Å². The van der Waals surface area contributed by atoms with Crippen molar-refractivity contribution in [3.05, 3.63) is 35.1 Å². The number of hydrogen-bond acceptors (Lipinski definition) is 6. The first-order chi connectivity index (χ1) is 14.7. The standard InChI is InChI=1S/C20H21F5N4O2/c1-29-8-11(21)6-12(9-29)26-19-16-10-30-5-4-14(16)18(27-28-19)15-3-2-13(7-17(15)22)31-20(23,24)25/h2-3,7,11-12H,4-6,8-10H2,1H3,(H,26,28)/t11-,12-/m1/s1. The number of ether oxygens (including phenoxy) is 2. The van der Waals surface area contributed by atoms with Crippen LogP contribution in [0, 0.1) is 5.82 Å². The summed E-state index contributed by atoms with van der Waals surface area (Å²) in [7, 11) is 1.84. The Morgan fingerprint density at radius 3 is 2.71 bits per heavy atom. The molecule has 2 aliphatic rings. The van der Waals surface area contributed by atoms with Gasteiger partial charge in [-0.15, -0.1) is 23.4 Å². The molecule has 0 spiro atoms. The van der Waals surface area contributed by atoms with Gasteiger partial charge in [-0.3, -0.25) is 0 Å². The lowest BCUT2D eigenvalue weighted by Gasteiger charge is -2.33. The monoisotopic (exact) mass is 444 g/mol. The van der Waals surface area contributed by atoms with Crippen molar-refractivity contribution in [3.63, 3.8) is 0 Å². The molecule has 2 atom stereocenters. The number of nitrogens with zero attached hydrogens (tertiary/aromatic N) is 3. The maximum atomic E-state index is 14.6. The number of fused-ring (bicyclic) bond motifs is 1. The number of halogens is 5. The topological polar surface area (TPSA) is 59.5 Å². The minimum Gasteiger partial charge on any atom is -0.406 e. The summed E-state index contributed by atoms with van der Waals surface area (Å²) in [6.07, 6.45) is -5.10. The Labute approximate surface area is 175 Å². The van der Waals surface area contributed by atoms with Gasteiger partial charge in [-0.1, -0.05) is 0 Å². The Kier molecular flexibility index (Phi) is 5.98.